The van der Waals surface area contributed by atoms with Crippen LogP contribution >= 0.6 is 0 Å². The molecule has 0 saturated heterocycles. The van der Waals surface area contributed by atoms with Crippen LogP contribution in [0.1, 0.15) is 33.9 Å². The third kappa shape index (κ3) is 4.44. The largest absolute Gasteiger partial charge is 0.454 e. The number of hydrazone groups is 1. The van der Waals surface area contributed by atoms with Crippen LogP contribution in [0.15, 0.2) is 71.8 Å². The Kier molecular flexibility index (Phi) is 5.90. The van der Waals surface area contributed by atoms with E-state index < -0.39 is 23.7 Å². The van der Waals surface area contributed by atoms with Gasteiger partial charge in [-0.05, 0) is 47.5 Å². The second-order valence-electron chi connectivity index (χ2n) is 8.27. The fourth-order valence-corrected chi connectivity index (χ4v) is 4.12. The lowest BCUT2D eigenvalue weighted by Crippen LogP contribution is -2.39. The number of hydrogen-bond donors (Lipinski definition) is 0. The minimum atomic E-state index is -0.659. The number of nitrogens with zero attached hydrogens (tertiary/aromatic N) is 3. The van der Waals surface area contributed by atoms with Crippen LogP contribution in [0, 0.1) is 11.6 Å². The van der Waals surface area contributed by atoms with Gasteiger partial charge in [0.15, 0.2) is 11.5 Å². The van der Waals surface area contributed by atoms with Crippen molar-refractivity contribution in [2.75, 3.05) is 20.4 Å². The van der Waals surface area contributed by atoms with Crippen molar-refractivity contribution in [3.63, 3.8) is 0 Å². The third-order valence-electron chi connectivity index (χ3n) is 5.95. The van der Waals surface area contributed by atoms with Crippen LogP contribution in [0.3, 0.4) is 0 Å². The molecule has 0 spiro atoms. The Hall–Kier alpha value is -4.27. The van der Waals surface area contributed by atoms with E-state index in [9.17, 15) is 18.4 Å². The molecule has 0 saturated carbocycles. The minimum absolute atomic E-state index is 0.117. The smallest absolute Gasteiger partial charge is 0.262 e. The fraction of sp³-hybridized carbons (Fsp3) is 0.192. The average molecular weight is 477 g/mol. The summed E-state index contributed by atoms with van der Waals surface area (Å²) in [6, 6.07) is 16.4. The van der Waals surface area contributed by atoms with Gasteiger partial charge in [0.05, 0.1) is 17.3 Å². The molecule has 3 aromatic carbocycles. The van der Waals surface area contributed by atoms with Gasteiger partial charge < -0.3 is 14.4 Å². The van der Waals surface area contributed by atoms with Crippen LogP contribution in [-0.2, 0) is 4.79 Å². The molecular weight excluding hydrogens is 456 g/mol. The van der Waals surface area contributed by atoms with Crippen LogP contribution in [0.4, 0.5) is 8.78 Å². The van der Waals surface area contributed by atoms with Crippen molar-refractivity contribution in [3.05, 3.63) is 95.1 Å². The maximum atomic E-state index is 14.1. The summed E-state index contributed by atoms with van der Waals surface area (Å²) < 4.78 is 38.4. The average Bonchev–Trinajstić information content (AvgIpc) is 3.51. The molecule has 0 N–H and O–H groups in total. The number of ether oxygens (including phenoxy) is 2. The zero-order valence-corrected chi connectivity index (χ0v) is 18.8. The summed E-state index contributed by atoms with van der Waals surface area (Å²) in [5.41, 5.74) is 1.94. The lowest BCUT2D eigenvalue weighted by atomic mass is 9.98. The maximum Gasteiger partial charge on any atom is 0.262 e. The van der Waals surface area contributed by atoms with Crippen molar-refractivity contribution in [3.8, 4) is 11.5 Å². The summed E-state index contributed by atoms with van der Waals surface area (Å²) in [5.74, 6) is -0.916. The molecule has 35 heavy (non-hydrogen) atoms. The van der Waals surface area contributed by atoms with E-state index in [-0.39, 0.29) is 24.7 Å². The second-order valence-corrected chi connectivity index (χ2v) is 8.27. The summed E-state index contributed by atoms with van der Waals surface area (Å²) in [4.78, 5) is 27.2. The van der Waals surface area contributed by atoms with E-state index in [1.54, 1.807) is 30.3 Å². The zero-order chi connectivity index (χ0) is 24.5. The molecule has 2 heterocycles. The summed E-state index contributed by atoms with van der Waals surface area (Å²) in [7, 11) is 1.43. The van der Waals surface area contributed by atoms with Crippen LogP contribution < -0.4 is 9.47 Å². The highest BCUT2D eigenvalue weighted by atomic mass is 19.1. The van der Waals surface area contributed by atoms with Gasteiger partial charge in [-0.15, -0.1) is 0 Å². The zero-order valence-electron chi connectivity index (χ0n) is 18.8. The Labute approximate surface area is 200 Å². The molecule has 0 aliphatic carbocycles. The van der Waals surface area contributed by atoms with E-state index in [0.29, 0.717) is 29.2 Å². The van der Waals surface area contributed by atoms with Gasteiger partial charge >= 0.3 is 0 Å². The number of rotatable bonds is 5. The molecule has 0 bridgehead atoms. The van der Waals surface area contributed by atoms with Gasteiger partial charge in [0, 0.05) is 13.5 Å². The molecule has 5 rings (SSSR count). The maximum absolute atomic E-state index is 14.1. The number of carbonyl (C=O) groups excluding carboxylic acids is 2. The van der Waals surface area contributed by atoms with Crippen molar-refractivity contribution in [2.45, 2.75) is 12.5 Å². The predicted octanol–water partition coefficient (Wildman–Crippen LogP) is 4.14. The molecule has 3 aromatic rings. The van der Waals surface area contributed by atoms with Crippen molar-refractivity contribution >= 4 is 17.5 Å². The first-order valence-corrected chi connectivity index (χ1v) is 11.0. The van der Waals surface area contributed by atoms with Gasteiger partial charge in [0.1, 0.15) is 18.2 Å². The Morgan fingerprint density at radius 1 is 1.03 bits per heavy atom. The summed E-state index contributed by atoms with van der Waals surface area (Å²) in [6.07, 6.45) is 0.377. The predicted molar refractivity (Wildman–Crippen MR) is 123 cm³/mol. The highest BCUT2D eigenvalue weighted by Gasteiger charge is 2.35. The van der Waals surface area contributed by atoms with E-state index >= 15 is 0 Å². The lowest BCUT2D eigenvalue weighted by Gasteiger charge is -2.25. The van der Waals surface area contributed by atoms with Gasteiger partial charge in [-0.25, -0.2) is 13.8 Å². The Balaban J connectivity index is 1.42. The van der Waals surface area contributed by atoms with E-state index in [1.807, 2.05) is 6.07 Å². The number of carbonyl (C=O) groups is 2. The van der Waals surface area contributed by atoms with Crippen LogP contribution in [0.25, 0.3) is 0 Å². The summed E-state index contributed by atoms with van der Waals surface area (Å²) in [6.45, 7) is -0.194. The number of halogens is 2. The van der Waals surface area contributed by atoms with Crippen molar-refractivity contribution in [1.82, 2.24) is 9.91 Å². The van der Waals surface area contributed by atoms with Gasteiger partial charge in [-0.3, -0.25) is 9.59 Å². The first kappa shape index (κ1) is 22.5. The fourth-order valence-electron chi connectivity index (χ4n) is 4.12. The third-order valence-corrected chi connectivity index (χ3v) is 5.95. The molecule has 9 heteroatoms. The van der Waals surface area contributed by atoms with Crippen LogP contribution in [0.5, 0.6) is 11.5 Å². The molecule has 178 valence electrons. The van der Waals surface area contributed by atoms with Gasteiger partial charge in [-0.2, -0.15) is 5.10 Å². The number of fused-ring (bicyclic) bond motifs is 1. The number of likely N-dealkylation sites (N-methyl/N-ethyl adjacent to an activating group) is 1. The van der Waals surface area contributed by atoms with E-state index in [4.69, 9.17) is 9.47 Å². The Morgan fingerprint density at radius 3 is 2.54 bits per heavy atom. The second kappa shape index (κ2) is 9.17. The van der Waals surface area contributed by atoms with Crippen LogP contribution in [-0.4, -0.2) is 47.8 Å². The number of amides is 2. The minimum Gasteiger partial charge on any atom is -0.454 e. The monoisotopic (exact) mass is 477 g/mol. The van der Waals surface area contributed by atoms with Crippen molar-refractivity contribution in [1.29, 1.82) is 0 Å². The molecule has 0 radical (unpaired) electrons. The molecule has 7 nitrogen and oxygen atoms in total. The Morgan fingerprint density at radius 2 is 1.77 bits per heavy atom. The van der Waals surface area contributed by atoms with E-state index in [0.717, 1.165) is 10.5 Å². The first-order valence-electron chi connectivity index (χ1n) is 11.0. The molecule has 0 aromatic heterocycles. The molecule has 0 fully saturated rings. The first-order chi connectivity index (χ1) is 16.9. The molecular formula is C26H21F2N3O4. The number of benzene rings is 3. The standard InChI is InChI=1S/C26H21F2N3O4/c1-30(26(33)19-4-2-3-5-20(19)28)14-25(32)31-22(17-8-11-23-24(12-17)35-15-34-23)13-21(29-31)16-6-9-18(27)10-7-16/h2-12,22H,13-15H2,1H3/t22-/m0/s1. The molecule has 0 unspecified atom stereocenters. The van der Waals surface area contributed by atoms with Crippen molar-refractivity contribution in [2.24, 2.45) is 5.10 Å². The topological polar surface area (TPSA) is 71.4 Å². The SMILES string of the molecule is CN(CC(=O)N1N=C(c2ccc(F)cc2)C[C@H]1c1ccc2c(c1)OCO2)C(=O)c1ccccc1F. The van der Waals surface area contributed by atoms with Crippen LogP contribution in [0.2, 0.25) is 0 Å². The molecule has 1 atom stereocenters. The van der Waals surface area contributed by atoms with Crippen molar-refractivity contribution < 1.29 is 27.8 Å². The molecule has 2 amide bonds. The van der Waals surface area contributed by atoms with E-state index in [2.05, 4.69) is 5.10 Å². The highest BCUT2D eigenvalue weighted by Crippen LogP contribution is 2.39. The lowest BCUT2D eigenvalue weighted by molar-refractivity contribution is -0.133. The summed E-state index contributed by atoms with van der Waals surface area (Å²) in [5, 5.41) is 5.86. The van der Waals surface area contributed by atoms with Gasteiger partial charge in [0.25, 0.3) is 11.8 Å². The molecule has 2 aliphatic rings. The normalized spacial score (nSPS) is 16.3. The van der Waals surface area contributed by atoms with E-state index in [1.165, 1.54) is 42.4 Å². The van der Waals surface area contributed by atoms with Gasteiger partial charge in [-0.1, -0.05) is 30.3 Å². The Bertz CT molecular complexity index is 1330. The molecule has 2 aliphatic heterocycles. The quantitative estimate of drug-likeness (QED) is 0.554. The highest BCUT2D eigenvalue weighted by molar-refractivity contribution is 6.03. The number of hydrogen-bond acceptors (Lipinski definition) is 5. The van der Waals surface area contributed by atoms with Gasteiger partial charge in [0.2, 0.25) is 6.79 Å². The summed E-state index contributed by atoms with van der Waals surface area (Å²) >= 11 is 0.